The Morgan fingerprint density at radius 2 is 0.485 bits per heavy atom. The number of carbonyl (C=O) groups excluding carboxylic acids is 4. The molecule has 0 aliphatic carbocycles. The van der Waals surface area contributed by atoms with Crippen LogP contribution in [0.15, 0.2) is 0 Å². The molecule has 0 aromatic carbocycles. The van der Waals surface area contributed by atoms with E-state index in [2.05, 4.69) is 55.4 Å². The van der Waals surface area contributed by atoms with Crippen molar-refractivity contribution in [1.82, 2.24) is 0 Å². The molecule has 0 rings (SSSR count). The summed E-state index contributed by atoms with van der Waals surface area (Å²) >= 11 is 0. The van der Waals surface area contributed by atoms with E-state index in [1.165, 1.54) is 205 Å². The van der Waals surface area contributed by atoms with E-state index in [-0.39, 0.29) is 25.7 Å². The molecule has 99 heavy (non-hydrogen) atoms. The van der Waals surface area contributed by atoms with E-state index < -0.39 is 97.5 Å². The van der Waals surface area contributed by atoms with Crippen molar-refractivity contribution < 1.29 is 80.2 Å². The first kappa shape index (κ1) is 97.1. The van der Waals surface area contributed by atoms with Gasteiger partial charge in [-0.2, -0.15) is 0 Å². The van der Waals surface area contributed by atoms with Crippen LogP contribution in [0.3, 0.4) is 0 Å². The Kier molecular flexibility index (Phi) is 67.8. The standard InChI is InChI=1S/C80H156O17P2/c1-9-73(8)59-51-43-38-39-45-53-61-78(83)91-67-76(97-80(85)63-55-47-37-31-30-34-42-50-58-72(6)7)69-95-99(88,89)93-65-74(81)64-92-98(86,87)94-68-75(96-79(84)62-54-46-36-29-25-21-17-13-11-15-19-23-27-33-41-49-57-71(4)5)66-90-77(82)60-52-44-35-28-24-20-16-12-10-14-18-22-26-32-40-48-56-70(2)3/h70-76,81H,9-69H2,1-8H3,(H,86,87)(H,88,89)/t73?,74-,75-,76-/m1/s1. The Morgan fingerprint density at radius 1 is 0.283 bits per heavy atom. The highest BCUT2D eigenvalue weighted by Gasteiger charge is 2.30. The Morgan fingerprint density at radius 3 is 0.717 bits per heavy atom. The van der Waals surface area contributed by atoms with Crippen molar-refractivity contribution in [3.63, 3.8) is 0 Å². The molecule has 0 spiro atoms. The molecule has 0 aliphatic rings. The molecule has 0 saturated carbocycles. The molecule has 0 aliphatic heterocycles. The summed E-state index contributed by atoms with van der Waals surface area (Å²) in [4.78, 5) is 72.9. The number of phosphoric acid groups is 2. The summed E-state index contributed by atoms with van der Waals surface area (Å²) in [5.74, 6) is 0.952. The van der Waals surface area contributed by atoms with Gasteiger partial charge in [-0.05, 0) is 49.4 Å². The second kappa shape index (κ2) is 69.1. The quantitative estimate of drug-likeness (QED) is 0.0222. The first-order chi connectivity index (χ1) is 47.6. The van der Waals surface area contributed by atoms with Crippen LogP contribution in [0.5, 0.6) is 0 Å². The number of phosphoric ester groups is 2. The topological polar surface area (TPSA) is 237 Å². The van der Waals surface area contributed by atoms with Crippen LogP contribution in [0.25, 0.3) is 0 Å². The second-order valence-corrected chi connectivity index (χ2v) is 33.4. The van der Waals surface area contributed by atoms with Crippen molar-refractivity contribution in [2.75, 3.05) is 39.6 Å². The lowest BCUT2D eigenvalue weighted by Crippen LogP contribution is -2.30. The zero-order valence-electron chi connectivity index (χ0n) is 65.1. The van der Waals surface area contributed by atoms with Gasteiger partial charge in [0, 0.05) is 25.7 Å². The van der Waals surface area contributed by atoms with E-state index in [4.69, 9.17) is 37.0 Å². The smallest absolute Gasteiger partial charge is 0.462 e. The summed E-state index contributed by atoms with van der Waals surface area (Å²) in [6.45, 7) is 14.2. The lowest BCUT2D eigenvalue weighted by atomic mass is 10.00. The highest BCUT2D eigenvalue weighted by atomic mass is 31.2. The molecule has 0 saturated heterocycles. The van der Waals surface area contributed by atoms with Gasteiger partial charge in [-0.15, -0.1) is 0 Å². The van der Waals surface area contributed by atoms with Gasteiger partial charge in [0.2, 0.25) is 0 Å². The number of hydrogen-bond acceptors (Lipinski definition) is 15. The van der Waals surface area contributed by atoms with Gasteiger partial charge < -0.3 is 33.8 Å². The maximum absolute atomic E-state index is 13.1. The minimum atomic E-state index is -4.96. The predicted octanol–water partition coefficient (Wildman–Crippen LogP) is 23.6. The maximum Gasteiger partial charge on any atom is 0.472 e. The molecular weight excluding hydrogens is 1290 g/mol. The number of unbranched alkanes of at least 4 members (excludes halogenated alkanes) is 42. The molecule has 17 nitrogen and oxygen atoms in total. The zero-order chi connectivity index (χ0) is 73.1. The fourth-order valence-electron chi connectivity index (χ4n) is 12.2. The summed E-state index contributed by atoms with van der Waals surface area (Å²) in [6.07, 6.45) is 55.7. The SMILES string of the molecule is CCC(C)CCCCCCCCC(=O)OC[C@H](COP(=O)(O)OC[C@H](O)COP(=O)(O)OC[C@@H](COC(=O)CCCCCCCCCCCCCCCCCCC(C)C)OC(=O)CCCCCCCCCCCCCCCCCCC(C)C)OC(=O)CCCCCCCCCCC(C)C. The van der Waals surface area contributed by atoms with Gasteiger partial charge in [-0.25, -0.2) is 9.13 Å². The Labute approximate surface area is 607 Å². The molecule has 588 valence electrons. The van der Waals surface area contributed by atoms with Gasteiger partial charge >= 0.3 is 39.5 Å². The molecule has 0 radical (unpaired) electrons. The number of carbonyl (C=O) groups is 4. The van der Waals surface area contributed by atoms with Gasteiger partial charge in [0.1, 0.15) is 19.3 Å². The summed E-state index contributed by atoms with van der Waals surface area (Å²) in [6, 6.07) is 0. The van der Waals surface area contributed by atoms with Gasteiger partial charge in [-0.3, -0.25) is 37.3 Å². The maximum atomic E-state index is 13.1. The number of rotatable bonds is 77. The molecule has 19 heteroatoms. The van der Waals surface area contributed by atoms with Crippen LogP contribution >= 0.6 is 15.6 Å². The molecule has 0 heterocycles. The number of aliphatic hydroxyl groups excluding tert-OH is 1. The van der Waals surface area contributed by atoms with Crippen LogP contribution in [0.1, 0.15) is 409 Å². The molecule has 0 aromatic heterocycles. The molecule has 0 bridgehead atoms. The first-order valence-corrected chi connectivity index (χ1v) is 44.2. The number of esters is 4. The minimum Gasteiger partial charge on any atom is -0.462 e. The summed E-state index contributed by atoms with van der Waals surface area (Å²) in [5, 5.41) is 10.6. The van der Waals surface area contributed by atoms with E-state index in [0.29, 0.717) is 25.7 Å². The predicted molar refractivity (Wildman–Crippen MR) is 404 cm³/mol. The fourth-order valence-corrected chi connectivity index (χ4v) is 13.8. The summed E-state index contributed by atoms with van der Waals surface area (Å²) < 4.78 is 68.6. The number of hydrogen-bond donors (Lipinski definition) is 3. The fraction of sp³-hybridized carbons (Fsp3) is 0.950. The van der Waals surface area contributed by atoms with Crippen LogP contribution in [0, 0.1) is 23.7 Å². The average molecular weight is 1450 g/mol. The van der Waals surface area contributed by atoms with Crippen molar-refractivity contribution in [3.8, 4) is 0 Å². The molecule has 6 atom stereocenters. The number of aliphatic hydroxyl groups is 1. The van der Waals surface area contributed by atoms with Crippen molar-refractivity contribution in [2.24, 2.45) is 23.7 Å². The van der Waals surface area contributed by atoms with E-state index in [0.717, 1.165) is 120 Å². The van der Waals surface area contributed by atoms with Crippen LogP contribution in [0.2, 0.25) is 0 Å². The molecule has 3 unspecified atom stereocenters. The first-order valence-electron chi connectivity index (χ1n) is 41.2. The Hall–Kier alpha value is -1.94. The number of ether oxygens (including phenoxy) is 4. The average Bonchev–Trinajstić information content (AvgIpc) is 1.56. The van der Waals surface area contributed by atoms with Gasteiger partial charge in [0.05, 0.1) is 26.4 Å². The van der Waals surface area contributed by atoms with Crippen LogP contribution in [-0.4, -0.2) is 96.7 Å². The van der Waals surface area contributed by atoms with E-state index >= 15 is 0 Å². The third-order valence-corrected chi connectivity index (χ3v) is 20.8. The van der Waals surface area contributed by atoms with Crippen molar-refractivity contribution in [3.05, 3.63) is 0 Å². The van der Waals surface area contributed by atoms with E-state index in [9.17, 15) is 43.2 Å². The van der Waals surface area contributed by atoms with E-state index in [1.54, 1.807) is 0 Å². The van der Waals surface area contributed by atoms with Crippen LogP contribution < -0.4 is 0 Å². The van der Waals surface area contributed by atoms with Crippen molar-refractivity contribution in [1.29, 1.82) is 0 Å². The lowest BCUT2D eigenvalue weighted by molar-refractivity contribution is -0.161. The Bertz CT molecular complexity index is 1940. The summed E-state index contributed by atoms with van der Waals surface area (Å²) in [5.41, 5.74) is 0. The van der Waals surface area contributed by atoms with Crippen LogP contribution in [0.4, 0.5) is 0 Å². The zero-order valence-corrected chi connectivity index (χ0v) is 66.9. The minimum absolute atomic E-state index is 0.103. The van der Waals surface area contributed by atoms with Crippen molar-refractivity contribution in [2.45, 2.75) is 427 Å². The van der Waals surface area contributed by atoms with Crippen LogP contribution in [-0.2, 0) is 65.4 Å². The van der Waals surface area contributed by atoms with Gasteiger partial charge in [0.25, 0.3) is 0 Å². The van der Waals surface area contributed by atoms with Crippen molar-refractivity contribution >= 4 is 39.5 Å². The third-order valence-electron chi connectivity index (χ3n) is 18.9. The summed E-state index contributed by atoms with van der Waals surface area (Å²) in [7, 11) is -9.92. The highest BCUT2D eigenvalue weighted by Crippen LogP contribution is 2.45. The third kappa shape index (κ3) is 72.8. The molecular formula is C80H156O17P2. The molecule has 3 N–H and O–H groups in total. The highest BCUT2D eigenvalue weighted by molar-refractivity contribution is 7.47. The molecule has 0 fully saturated rings. The monoisotopic (exact) mass is 1450 g/mol. The second-order valence-electron chi connectivity index (χ2n) is 30.5. The van der Waals surface area contributed by atoms with Gasteiger partial charge in [0.15, 0.2) is 12.2 Å². The normalized spacial score (nSPS) is 14.3. The van der Waals surface area contributed by atoms with Gasteiger partial charge in [-0.1, -0.05) is 357 Å². The molecule has 0 aromatic rings. The Balaban J connectivity index is 5.22. The lowest BCUT2D eigenvalue weighted by Gasteiger charge is -2.21. The largest absolute Gasteiger partial charge is 0.472 e. The van der Waals surface area contributed by atoms with E-state index in [1.807, 2.05) is 0 Å². The molecule has 0 amide bonds.